The van der Waals surface area contributed by atoms with E-state index in [1.54, 1.807) is 49.6 Å². The average Bonchev–Trinajstić information content (AvgIpc) is 2.54. The summed E-state index contributed by atoms with van der Waals surface area (Å²) in [5.41, 5.74) is 1.26. The summed E-state index contributed by atoms with van der Waals surface area (Å²) in [6.07, 6.45) is 0. The van der Waals surface area contributed by atoms with Crippen molar-refractivity contribution in [3.8, 4) is 5.75 Å². The van der Waals surface area contributed by atoms with Gasteiger partial charge < -0.3 is 20.7 Å². The van der Waals surface area contributed by atoms with Gasteiger partial charge in [0.05, 0.1) is 13.7 Å². The van der Waals surface area contributed by atoms with Crippen LogP contribution in [0.2, 0.25) is 0 Å². The Labute approximate surface area is 142 Å². The Balaban J connectivity index is 1.78. The van der Waals surface area contributed by atoms with E-state index in [0.717, 1.165) is 4.47 Å². The topological polar surface area (TPSA) is 79.5 Å². The first kappa shape index (κ1) is 16.8. The second-order valence-corrected chi connectivity index (χ2v) is 5.51. The minimum absolute atomic E-state index is 0.133. The van der Waals surface area contributed by atoms with Crippen LogP contribution < -0.4 is 20.7 Å². The van der Waals surface area contributed by atoms with Crippen LogP contribution in [0.4, 0.5) is 16.2 Å². The maximum atomic E-state index is 11.8. The third-order valence-corrected chi connectivity index (χ3v) is 3.36. The lowest BCUT2D eigenvalue weighted by molar-refractivity contribution is -0.115. The van der Waals surface area contributed by atoms with Crippen molar-refractivity contribution in [2.45, 2.75) is 0 Å². The van der Waals surface area contributed by atoms with Crippen LogP contribution in [0, 0.1) is 0 Å². The molecule has 2 aromatic rings. The van der Waals surface area contributed by atoms with E-state index in [-0.39, 0.29) is 12.5 Å². The highest BCUT2D eigenvalue weighted by Gasteiger charge is 2.06. The Hall–Kier alpha value is -2.54. The predicted octanol–water partition coefficient (Wildman–Crippen LogP) is 3.22. The predicted molar refractivity (Wildman–Crippen MR) is 92.8 cm³/mol. The van der Waals surface area contributed by atoms with Crippen molar-refractivity contribution < 1.29 is 14.3 Å². The fourth-order valence-corrected chi connectivity index (χ4v) is 2.18. The molecule has 0 aliphatic carbocycles. The molecule has 0 spiro atoms. The van der Waals surface area contributed by atoms with E-state index < -0.39 is 6.03 Å². The molecule has 0 bridgehead atoms. The number of benzene rings is 2. The van der Waals surface area contributed by atoms with E-state index in [4.69, 9.17) is 4.74 Å². The van der Waals surface area contributed by atoms with Gasteiger partial charge in [0.15, 0.2) is 0 Å². The number of halogens is 1. The maximum Gasteiger partial charge on any atom is 0.319 e. The lowest BCUT2D eigenvalue weighted by Crippen LogP contribution is -2.35. The molecular weight excluding hydrogens is 362 g/mol. The monoisotopic (exact) mass is 377 g/mol. The maximum absolute atomic E-state index is 11.8. The zero-order valence-corrected chi connectivity index (χ0v) is 14.0. The van der Waals surface area contributed by atoms with Crippen molar-refractivity contribution in [1.82, 2.24) is 5.32 Å². The number of methoxy groups -OCH3 is 1. The van der Waals surface area contributed by atoms with E-state index in [1.807, 2.05) is 6.07 Å². The van der Waals surface area contributed by atoms with Gasteiger partial charge in [0.25, 0.3) is 0 Å². The number of rotatable bonds is 5. The van der Waals surface area contributed by atoms with Crippen molar-refractivity contribution >= 4 is 39.2 Å². The Morgan fingerprint density at radius 2 is 1.78 bits per heavy atom. The third kappa shape index (κ3) is 5.63. The molecule has 0 aliphatic rings. The van der Waals surface area contributed by atoms with Crippen LogP contribution in [-0.4, -0.2) is 25.6 Å². The summed E-state index contributed by atoms with van der Waals surface area (Å²) < 4.78 is 5.89. The first-order valence-corrected chi connectivity index (χ1v) is 7.60. The SMILES string of the molecule is COc1ccc(NC(=O)CNC(=O)Nc2cccc(Br)c2)cc1. The number of carbonyl (C=O) groups excluding carboxylic acids is 2. The van der Waals surface area contributed by atoms with Crippen LogP contribution in [0.5, 0.6) is 5.75 Å². The third-order valence-electron chi connectivity index (χ3n) is 2.87. The van der Waals surface area contributed by atoms with Crippen molar-refractivity contribution in [2.75, 3.05) is 24.3 Å². The van der Waals surface area contributed by atoms with Crippen LogP contribution in [-0.2, 0) is 4.79 Å². The molecule has 2 rings (SSSR count). The van der Waals surface area contributed by atoms with Gasteiger partial charge in [0.2, 0.25) is 5.91 Å². The standard InChI is InChI=1S/C16H16BrN3O3/c1-23-14-7-5-12(6-8-14)19-15(21)10-18-16(22)20-13-4-2-3-11(17)9-13/h2-9H,10H2,1H3,(H,19,21)(H2,18,20,22). The molecule has 3 N–H and O–H groups in total. The van der Waals surface area contributed by atoms with Gasteiger partial charge in [-0.3, -0.25) is 4.79 Å². The zero-order chi connectivity index (χ0) is 16.7. The van der Waals surface area contributed by atoms with Gasteiger partial charge in [-0.05, 0) is 42.5 Å². The van der Waals surface area contributed by atoms with Gasteiger partial charge in [-0.15, -0.1) is 0 Å². The molecule has 6 nitrogen and oxygen atoms in total. The summed E-state index contributed by atoms with van der Waals surface area (Å²) in [7, 11) is 1.57. The molecule has 0 fully saturated rings. The molecule has 0 aromatic heterocycles. The van der Waals surface area contributed by atoms with E-state index in [2.05, 4.69) is 31.9 Å². The quantitative estimate of drug-likeness (QED) is 0.748. The minimum atomic E-state index is -0.451. The molecule has 7 heteroatoms. The number of nitrogens with one attached hydrogen (secondary N) is 3. The Morgan fingerprint density at radius 1 is 1.04 bits per heavy atom. The molecule has 0 unspecified atom stereocenters. The number of hydrogen-bond acceptors (Lipinski definition) is 3. The molecular formula is C16H16BrN3O3. The lowest BCUT2D eigenvalue weighted by atomic mass is 10.3. The lowest BCUT2D eigenvalue weighted by Gasteiger charge is -2.09. The highest BCUT2D eigenvalue weighted by molar-refractivity contribution is 9.10. The van der Waals surface area contributed by atoms with Crippen LogP contribution >= 0.6 is 15.9 Å². The highest BCUT2D eigenvalue weighted by atomic mass is 79.9. The zero-order valence-electron chi connectivity index (χ0n) is 12.4. The number of urea groups is 1. The second kappa shape index (κ2) is 8.19. The van der Waals surface area contributed by atoms with Gasteiger partial charge in [-0.2, -0.15) is 0 Å². The second-order valence-electron chi connectivity index (χ2n) is 4.59. The summed E-state index contributed by atoms with van der Waals surface area (Å²) in [5.74, 6) is 0.383. The van der Waals surface area contributed by atoms with E-state index >= 15 is 0 Å². The van der Waals surface area contributed by atoms with Crippen LogP contribution in [0.25, 0.3) is 0 Å². The van der Waals surface area contributed by atoms with Gasteiger partial charge in [0.1, 0.15) is 5.75 Å². The summed E-state index contributed by atoms with van der Waals surface area (Å²) in [6, 6.07) is 13.6. The molecule has 2 aromatic carbocycles. The molecule has 0 saturated heterocycles. The molecule has 0 atom stereocenters. The highest BCUT2D eigenvalue weighted by Crippen LogP contribution is 2.16. The fourth-order valence-electron chi connectivity index (χ4n) is 1.78. The molecule has 0 saturated carbocycles. The normalized spacial score (nSPS) is 9.83. The molecule has 3 amide bonds. The average molecular weight is 378 g/mol. The van der Waals surface area contributed by atoms with Crippen molar-refractivity contribution in [3.63, 3.8) is 0 Å². The van der Waals surface area contributed by atoms with Gasteiger partial charge in [-0.25, -0.2) is 4.79 Å². The summed E-state index contributed by atoms with van der Waals surface area (Å²) in [5, 5.41) is 7.81. The van der Waals surface area contributed by atoms with E-state index in [9.17, 15) is 9.59 Å². The largest absolute Gasteiger partial charge is 0.497 e. The smallest absolute Gasteiger partial charge is 0.319 e. The number of anilines is 2. The number of hydrogen-bond donors (Lipinski definition) is 3. The van der Waals surface area contributed by atoms with Crippen LogP contribution in [0.15, 0.2) is 53.0 Å². The molecule has 0 radical (unpaired) electrons. The molecule has 23 heavy (non-hydrogen) atoms. The Bertz CT molecular complexity index is 689. The van der Waals surface area contributed by atoms with Crippen molar-refractivity contribution in [2.24, 2.45) is 0 Å². The summed E-state index contributed by atoms with van der Waals surface area (Å²) >= 11 is 3.32. The van der Waals surface area contributed by atoms with Gasteiger partial charge >= 0.3 is 6.03 Å². The van der Waals surface area contributed by atoms with E-state index in [1.165, 1.54) is 0 Å². The first-order chi connectivity index (χ1) is 11.1. The van der Waals surface area contributed by atoms with E-state index in [0.29, 0.717) is 17.1 Å². The van der Waals surface area contributed by atoms with Gasteiger partial charge in [0, 0.05) is 15.8 Å². The Morgan fingerprint density at radius 3 is 2.43 bits per heavy atom. The molecule has 0 heterocycles. The number of ether oxygens (including phenoxy) is 1. The number of carbonyl (C=O) groups is 2. The molecule has 0 aliphatic heterocycles. The summed E-state index contributed by atoms with van der Waals surface area (Å²) in [6.45, 7) is -0.133. The van der Waals surface area contributed by atoms with Crippen molar-refractivity contribution in [1.29, 1.82) is 0 Å². The van der Waals surface area contributed by atoms with Crippen molar-refractivity contribution in [3.05, 3.63) is 53.0 Å². The number of amides is 3. The van der Waals surface area contributed by atoms with Gasteiger partial charge in [-0.1, -0.05) is 22.0 Å². The van der Waals surface area contributed by atoms with Crippen LogP contribution in [0.1, 0.15) is 0 Å². The minimum Gasteiger partial charge on any atom is -0.497 e. The fraction of sp³-hybridized carbons (Fsp3) is 0.125. The first-order valence-electron chi connectivity index (χ1n) is 6.81. The Kier molecular flexibility index (Phi) is 5.99. The summed E-state index contributed by atoms with van der Waals surface area (Å²) in [4.78, 5) is 23.5. The molecule has 120 valence electrons. The van der Waals surface area contributed by atoms with Crippen LogP contribution in [0.3, 0.4) is 0 Å².